The van der Waals surface area contributed by atoms with Crippen LogP contribution in [0.1, 0.15) is 30.6 Å². The van der Waals surface area contributed by atoms with Crippen molar-refractivity contribution in [3.8, 4) is 0 Å². The van der Waals surface area contributed by atoms with Crippen molar-refractivity contribution in [3.63, 3.8) is 0 Å². The summed E-state index contributed by atoms with van der Waals surface area (Å²) in [5, 5.41) is 7.02. The molecule has 0 saturated carbocycles. The molecule has 3 nitrogen and oxygen atoms in total. The lowest BCUT2D eigenvalue weighted by molar-refractivity contribution is 0.0646. The van der Waals surface area contributed by atoms with Crippen LogP contribution in [0.2, 0.25) is 0 Å². The van der Waals surface area contributed by atoms with Gasteiger partial charge in [-0.15, -0.1) is 0 Å². The van der Waals surface area contributed by atoms with Crippen molar-refractivity contribution in [1.29, 1.82) is 0 Å². The molecule has 0 heterocycles. The number of hydrogen-bond donors (Lipinski definition) is 2. The highest BCUT2D eigenvalue weighted by Gasteiger charge is 2.04. The second-order valence-electron chi connectivity index (χ2n) is 5.52. The summed E-state index contributed by atoms with van der Waals surface area (Å²) in [5.41, 5.74) is 3.44. The van der Waals surface area contributed by atoms with Gasteiger partial charge in [0.25, 0.3) is 0 Å². The molecule has 0 radical (unpaired) electrons. The van der Waals surface area contributed by atoms with Gasteiger partial charge in [0.05, 0.1) is 6.10 Å². The van der Waals surface area contributed by atoms with Crippen molar-refractivity contribution in [2.75, 3.05) is 18.5 Å². The molecule has 23 heavy (non-hydrogen) atoms. The van der Waals surface area contributed by atoms with Crippen LogP contribution in [0, 0.1) is 6.92 Å². The van der Waals surface area contributed by atoms with Gasteiger partial charge in [0.1, 0.15) is 0 Å². The molecule has 0 aliphatic heterocycles. The van der Waals surface area contributed by atoms with Crippen LogP contribution >= 0.6 is 12.2 Å². The monoisotopic (exact) mass is 328 g/mol. The summed E-state index contributed by atoms with van der Waals surface area (Å²) in [7, 11) is 0. The van der Waals surface area contributed by atoms with Crippen LogP contribution < -0.4 is 10.6 Å². The molecule has 0 saturated heterocycles. The second-order valence-corrected chi connectivity index (χ2v) is 5.93. The van der Waals surface area contributed by atoms with Crippen LogP contribution in [0.3, 0.4) is 0 Å². The molecule has 2 aromatic rings. The number of aryl methyl sites for hydroxylation is 1. The van der Waals surface area contributed by atoms with E-state index in [2.05, 4.69) is 48.7 Å². The van der Waals surface area contributed by atoms with E-state index in [0.717, 1.165) is 18.7 Å². The molecule has 0 spiro atoms. The minimum atomic E-state index is 0.119. The lowest BCUT2D eigenvalue weighted by Crippen LogP contribution is -2.29. The van der Waals surface area contributed by atoms with Crippen LogP contribution in [0.15, 0.2) is 54.6 Å². The van der Waals surface area contributed by atoms with Gasteiger partial charge < -0.3 is 15.4 Å². The zero-order chi connectivity index (χ0) is 16.5. The SMILES string of the molecule is Cc1ccc(NC(=S)NCCCO[C@H](C)c2ccccc2)cc1. The fraction of sp³-hybridized carbons (Fsp3) is 0.316. The van der Waals surface area contributed by atoms with Crippen LogP contribution in [0.25, 0.3) is 0 Å². The molecular formula is C19H24N2OS. The van der Waals surface area contributed by atoms with Gasteiger partial charge in [0.2, 0.25) is 0 Å². The Kier molecular flexibility index (Phi) is 7.04. The molecule has 0 fully saturated rings. The van der Waals surface area contributed by atoms with Gasteiger partial charge in [-0.25, -0.2) is 0 Å². The summed E-state index contributed by atoms with van der Waals surface area (Å²) in [6.07, 6.45) is 1.03. The predicted molar refractivity (Wildman–Crippen MR) is 101 cm³/mol. The normalized spacial score (nSPS) is 11.7. The number of thiocarbonyl (C=S) groups is 1. The molecule has 2 rings (SSSR count). The first-order valence-electron chi connectivity index (χ1n) is 7.93. The molecular weight excluding hydrogens is 304 g/mol. The van der Waals surface area contributed by atoms with E-state index in [1.54, 1.807) is 0 Å². The molecule has 0 unspecified atom stereocenters. The summed E-state index contributed by atoms with van der Waals surface area (Å²) < 4.78 is 5.84. The standard InChI is InChI=1S/C19H24N2OS/c1-15-9-11-18(12-10-15)21-19(23)20-13-6-14-22-16(2)17-7-4-3-5-8-17/h3-5,7-12,16H,6,13-14H2,1-2H3,(H2,20,21,23)/t16-/m1/s1. The highest BCUT2D eigenvalue weighted by molar-refractivity contribution is 7.80. The van der Waals surface area contributed by atoms with Crippen molar-refractivity contribution < 1.29 is 4.74 Å². The zero-order valence-electron chi connectivity index (χ0n) is 13.7. The van der Waals surface area contributed by atoms with Gasteiger partial charge in [-0.1, -0.05) is 48.0 Å². The Hall–Kier alpha value is -1.91. The average Bonchev–Trinajstić information content (AvgIpc) is 2.57. The molecule has 0 aliphatic rings. The summed E-state index contributed by atoms with van der Waals surface area (Å²) in [5.74, 6) is 0. The van der Waals surface area contributed by atoms with Crippen molar-refractivity contribution in [2.45, 2.75) is 26.4 Å². The average molecular weight is 328 g/mol. The quantitative estimate of drug-likeness (QED) is 0.581. The van der Waals surface area contributed by atoms with E-state index >= 15 is 0 Å². The van der Waals surface area contributed by atoms with E-state index in [1.807, 2.05) is 30.3 Å². The zero-order valence-corrected chi connectivity index (χ0v) is 14.5. The van der Waals surface area contributed by atoms with Crippen LogP contribution in [-0.4, -0.2) is 18.3 Å². The summed E-state index contributed by atoms with van der Waals surface area (Å²) in [6, 6.07) is 18.4. The Morgan fingerprint density at radius 2 is 1.78 bits per heavy atom. The van der Waals surface area contributed by atoms with Gasteiger partial charge in [0, 0.05) is 18.8 Å². The molecule has 0 bridgehead atoms. The summed E-state index contributed by atoms with van der Waals surface area (Å²) in [4.78, 5) is 0. The van der Waals surface area contributed by atoms with Gasteiger partial charge in [0.15, 0.2) is 5.11 Å². The first-order valence-corrected chi connectivity index (χ1v) is 8.34. The first-order chi connectivity index (χ1) is 11.1. The Bertz CT molecular complexity index is 599. The maximum Gasteiger partial charge on any atom is 0.170 e. The number of rotatable bonds is 7. The maximum absolute atomic E-state index is 5.84. The predicted octanol–water partition coefficient (Wildman–Crippen LogP) is 4.45. The topological polar surface area (TPSA) is 33.3 Å². The maximum atomic E-state index is 5.84. The Balaban J connectivity index is 1.60. The van der Waals surface area contributed by atoms with Crippen molar-refractivity contribution in [2.24, 2.45) is 0 Å². The first kappa shape index (κ1) is 17.4. The van der Waals surface area contributed by atoms with Crippen molar-refractivity contribution in [3.05, 3.63) is 65.7 Å². The molecule has 0 aromatic heterocycles. The van der Waals surface area contributed by atoms with Crippen LogP contribution in [0.5, 0.6) is 0 Å². The van der Waals surface area contributed by atoms with Crippen LogP contribution in [-0.2, 0) is 4.74 Å². The Morgan fingerprint density at radius 3 is 2.48 bits per heavy atom. The van der Waals surface area contributed by atoms with Gasteiger partial charge in [-0.05, 0) is 50.2 Å². The van der Waals surface area contributed by atoms with E-state index in [4.69, 9.17) is 17.0 Å². The molecule has 1 atom stereocenters. The largest absolute Gasteiger partial charge is 0.374 e. The van der Waals surface area contributed by atoms with E-state index in [0.29, 0.717) is 11.7 Å². The minimum absolute atomic E-state index is 0.119. The van der Waals surface area contributed by atoms with Crippen LogP contribution in [0.4, 0.5) is 5.69 Å². The Labute approximate surface area is 144 Å². The summed E-state index contributed by atoms with van der Waals surface area (Å²) >= 11 is 5.28. The van der Waals surface area contributed by atoms with Crippen molar-refractivity contribution in [1.82, 2.24) is 5.32 Å². The number of anilines is 1. The van der Waals surface area contributed by atoms with Gasteiger partial charge >= 0.3 is 0 Å². The fourth-order valence-electron chi connectivity index (χ4n) is 2.17. The van der Waals surface area contributed by atoms with Gasteiger partial charge in [-0.3, -0.25) is 0 Å². The highest BCUT2D eigenvalue weighted by atomic mass is 32.1. The highest BCUT2D eigenvalue weighted by Crippen LogP contribution is 2.15. The smallest absolute Gasteiger partial charge is 0.170 e. The van der Waals surface area contributed by atoms with Gasteiger partial charge in [-0.2, -0.15) is 0 Å². The molecule has 122 valence electrons. The van der Waals surface area contributed by atoms with Crippen molar-refractivity contribution >= 4 is 23.0 Å². The third kappa shape index (κ3) is 6.38. The van der Waals surface area contributed by atoms with E-state index in [-0.39, 0.29) is 6.10 Å². The lowest BCUT2D eigenvalue weighted by Gasteiger charge is -2.14. The number of hydrogen-bond acceptors (Lipinski definition) is 2. The van der Waals surface area contributed by atoms with E-state index < -0.39 is 0 Å². The number of nitrogens with one attached hydrogen (secondary N) is 2. The summed E-state index contributed by atoms with van der Waals surface area (Å²) in [6.45, 7) is 5.64. The minimum Gasteiger partial charge on any atom is -0.374 e. The third-order valence-electron chi connectivity index (χ3n) is 3.55. The lowest BCUT2D eigenvalue weighted by atomic mass is 10.1. The fourth-order valence-corrected chi connectivity index (χ4v) is 2.39. The second kappa shape index (κ2) is 9.28. The van der Waals surface area contributed by atoms with E-state index in [9.17, 15) is 0 Å². The van der Waals surface area contributed by atoms with E-state index in [1.165, 1.54) is 11.1 Å². The molecule has 0 aliphatic carbocycles. The third-order valence-corrected chi connectivity index (χ3v) is 3.80. The molecule has 0 amide bonds. The number of benzene rings is 2. The molecule has 4 heteroatoms. The molecule has 2 aromatic carbocycles. The molecule has 2 N–H and O–H groups in total. The Morgan fingerprint density at radius 1 is 1.09 bits per heavy atom. The number of ether oxygens (including phenoxy) is 1.